The van der Waals surface area contributed by atoms with E-state index in [1.54, 1.807) is 31.4 Å². The van der Waals surface area contributed by atoms with Crippen molar-refractivity contribution in [3.05, 3.63) is 66.7 Å². The highest BCUT2D eigenvalue weighted by molar-refractivity contribution is 7.89. The lowest BCUT2D eigenvalue weighted by Gasteiger charge is -2.30. The number of benzene rings is 3. The van der Waals surface area contributed by atoms with Crippen LogP contribution in [0.1, 0.15) is 12.8 Å². The summed E-state index contributed by atoms with van der Waals surface area (Å²) in [6.45, 7) is 0.637. The van der Waals surface area contributed by atoms with Crippen LogP contribution < -0.4 is 10.1 Å². The molecular formula is C23H24N2O4S. The van der Waals surface area contributed by atoms with Crippen LogP contribution >= 0.6 is 0 Å². The highest BCUT2D eigenvalue weighted by Gasteiger charge is 2.32. The molecule has 0 aliphatic carbocycles. The summed E-state index contributed by atoms with van der Waals surface area (Å²) in [5.74, 6) is 0.252. The fraction of sp³-hybridized carbons (Fsp3) is 0.261. The Labute approximate surface area is 176 Å². The number of nitrogens with one attached hydrogen (secondary N) is 1. The Morgan fingerprint density at radius 3 is 2.37 bits per heavy atom. The summed E-state index contributed by atoms with van der Waals surface area (Å²) in [7, 11) is -2.03. The third-order valence-electron chi connectivity index (χ3n) is 5.55. The predicted molar refractivity (Wildman–Crippen MR) is 117 cm³/mol. The van der Waals surface area contributed by atoms with E-state index < -0.39 is 10.0 Å². The molecule has 4 rings (SSSR count). The van der Waals surface area contributed by atoms with Gasteiger partial charge in [0.2, 0.25) is 15.9 Å². The van der Waals surface area contributed by atoms with Gasteiger partial charge in [-0.15, -0.1) is 0 Å². The minimum atomic E-state index is -3.59. The molecule has 0 radical (unpaired) electrons. The molecule has 1 fully saturated rings. The first-order valence-electron chi connectivity index (χ1n) is 9.92. The Morgan fingerprint density at radius 1 is 0.967 bits per heavy atom. The van der Waals surface area contributed by atoms with Gasteiger partial charge in [0.1, 0.15) is 5.75 Å². The van der Waals surface area contributed by atoms with Crippen LogP contribution in [0.5, 0.6) is 5.75 Å². The molecule has 30 heavy (non-hydrogen) atoms. The minimum Gasteiger partial charge on any atom is -0.495 e. The molecule has 156 valence electrons. The number of carbonyl (C=O) groups is 1. The number of para-hydroxylation sites is 2. The van der Waals surface area contributed by atoms with E-state index in [1.165, 1.54) is 4.31 Å². The minimum absolute atomic E-state index is 0.109. The quantitative estimate of drug-likeness (QED) is 0.674. The van der Waals surface area contributed by atoms with Crippen LogP contribution in [0.3, 0.4) is 0 Å². The number of fused-ring (bicyclic) bond motifs is 1. The third-order valence-corrected chi connectivity index (χ3v) is 7.44. The molecule has 7 heteroatoms. The summed E-state index contributed by atoms with van der Waals surface area (Å²) in [6.07, 6.45) is 0.960. The Hall–Kier alpha value is -2.90. The molecule has 0 aromatic heterocycles. The zero-order valence-electron chi connectivity index (χ0n) is 16.7. The van der Waals surface area contributed by atoms with E-state index in [9.17, 15) is 13.2 Å². The second kappa shape index (κ2) is 8.45. The number of ether oxygens (including phenoxy) is 1. The highest BCUT2D eigenvalue weighted by atomic mass is 32.2. The van der Waals surface area contributed by atoms with Crippen LogP contribution in [0.25, 0.3) is 10.8 Å². The SMILES string of the molecule is COc1ccccc1NC(=O)C1CCN(S(=O)(=O)c2ccc3ccccc3c2)CC1. The lowest BCUT2D eigenvalue weighted by Crippen LogP contribution is -2.41. The maximum Gasteiger partial charge on any atom is 0.243 e. The lowest BCUT2D eigenvalue weighted by atomic mass is 9.97. The monoisotopic (exact) mass is 424 g/mol. The largest absolute Gasteiger partial charge is 0.495 e. The van der Waals surface area contributed by atoms with Crippen LogP contribution in [0, 0.1) is 5.92 Å². The van der Waals surface area contributed by atoms with Crippen molar-refractivity contribution in [3.8, 4) is 5.75 Å². The number of rotatable bonds is 5. The molecule has 6 nitrogen and oxygen atoms in total. The number of nitrogens with zero attached hydrogens (tertiary/aromatic N) is 1. The normalized spacial score (nSPS) is 15.8. The maximum atomic E-state index is 13.1. The van der Waals surface area contributed by atoms with Crippen molar-refractivity contribution in [3.63, 3.8) is 0 Å². The summed E-state index contributed by atoms with van der Waals surface area (Å²) in [4.78, 5) is 13.0. The number of anilines is 1. The number of hydrogen-bond donors (Lipinski definition) is 1. The summed E-state index contributed by atoms with van der Waals surface area (Å²) < 4.78 is 32.9. The van der Waals surface area contributed by atoms with Crippen LogP contribution in [-0.2, 0) is 14.8 Å². The molecule has 0 saturated carbocycles. The smallest absolute Gasteiger partial charge is 0.243 e. The van der Waals surface area contributed by atoms with Gasteiger partial charge >= 0.3 is 0 Å². The third kappa shape index (κ3) is 4.04. The van der Waals surface area contributed by atoms with E-state index in [0.717, 1.165) is 10.8 Å². The Bertz CT molecular complexity index is 1170. The molecule has 0 spiro atoms. The first-order chi connectivity index (χ1) is 14.5. The van der Waals surface area contributed by atoms with Crippen molar-refractivity contribution in [1.82, 2.24) is 4.31 Å². The molecule has 0 bridgehead atoms. The first kappa shape index (κ1) is 20.4. The van der Waals surface area contributed by atoms with E-state index in [0.29, 0.717) is 37.4 Å². The molecule has 1 saturated heterocycles. The molecule has 3 aromatic carbocycles. The van der Waals surface area contributed by atoms with Gasteiger partial charge in [0.05, 0.1) is 17.7 Å². The fourth-order valence-corrected chi connectivity index (χ4v) is 5.32. The molecule has 3 aromatic rings. The Kier molecular flexibility index (Phi) is 5.74. The van der Waals surface area contributed by atoms with E-state index in [-0.39, 0.29) is 16.7 Å². The highest BCUT2D eigenvalue weighted by Crippen LogP contribution is 2.28. The predicted octanol–water partition coefficient (Wildman–Crippen LogP) is 3.89. The average Bonchev–Trinajstić information content (AvgIpc) is 2.79. The van der Waals surface area contributed by atoms with Gasteiger partial charge in [-0.25, -0.2) is 8.42 Å². The zero-order valence-corrected chi connectivity index (χ0v) is 17.6. The van der Waals surface area contributed by atoms with Gasteiger partial charge in [0.15, 0.2) is 0 Å². The van der Waals surface area contributed by atoms with Gasteiger partial charge in [0.25, 0.3) is 0 Å². The Balaban J connectivity index is 1.43. The van der Waals surface area contributed by atoms with E-state index in [1.807, 2.05) is 42.5 Å². The lowest BCUT2D eigenvalue weighted by molar-refractivity contribution is -0.120. The average molecular weight is 425 g/mol. The number of methoxy groups -OCH3 is 1. The number of sulfonamides is 1. The van der Waals surface area contributed by atoms with Gasteiger partial charge < -0.3 is 10.1 Å². The van der Waals surface area contributed by atoms with Gasteiger partial charge in [0, 0.05) is 19.0 Å². The van der Waals surface area contributed by atoms with E-state index in [2.05, 4.69) is 5.32 Å². The molecule has 1 aliphatic rings. The van der Waals surface area contributed by atoms with Gasteiger partial charge in [-0.3, -0.25) is 4.79 Å². The van der Waals surface area contributed by atoms with Gasteiger partial charge in [-0.2, -0.15) is 4.31 Å². The summed E-state index contributed by atoms with van der Waals surface area (Å²) in [5, 5.41) is 4.80. The van der Waals surface area contributed by atoms with Crippen molar-refractivity contribution in [1.29, 1.82) is 0 Å². The standard InChI is InChI=1S/C23H24N2O4S/c1-29-22-9-5-4-8-21(22)24-23(26)18-12-14-25(15-13-18)30(27,28)20-11-10-17-6-2-3-7-19(17)16-20/h2-11,16,18H,12-15H2,1H3,(H,24,26). The second-order valence-electron chi connectivity index (χ2n) is 7.38. The summed E-state index contributed by atoms with van der Waals surface area (Å²) in [5.41, 5.74) is 0.621. The molecular weight excluding hydrogens is 400 g/mol. The summed E-state index contributed by atoms with van der Waals surface area (Å²) >= 11 is 0. The number of amides is 1. The fourth-order valence-electron chi connectivity index (χ4n) is 3.82. The van der Waals surface area contributed by atoms with Crippen LogP contribution in [0.15, 0.2) is 71.6 Å². The van der Waals surface area contributed by atoms with Crippen molar-refractivity contribution in [2.45, 2.75) is 17.7 Å². The van der Waals surface area contributed by atoms with Crippen molar-refractivity contribution in [2.24, 2.45) is 5.92 Å². The molecule has 1 heterocycles. The molecule has 0 unspecified atom stereocenters. The van der Waals surface area contributed by atoms with Crippen LogP contribution in [-0.4, -0.2) is 38.8 Å². The van der Waals surface area contributed by atoms with E-state index in [4.69, 9.17) is 4.74 Å². The Morgan fingerprint density at radius 2 is 1.63 bits per heavy atom. The van der Waals surface area contributed by atoms with Crippen molar-refractivity contribution < 1.29 is 17.9 Å². The molecule has 0 atom stereocenters. The molecule has 1 aliphatic heterocycles. The van der Waals surface area contributed by atoms with Crippen LogP contribution in [0.4, 0.5) is 5.69 Å². The topological polar surface area (TPSA) is 75.7 Å². The summed E-state index contributed by atoms with van der Waals surface area (Å²) in [6, 6.07) is 20.1. The molecule has 1 amide bonds. The number of piperidine rings is 1. The zero-order chi connectivity index (χ0) is 21.1. The maximum absolute atomic E-state index is 13.1. The van der Waals surface area contributed by atoms with Crippen molar-refractivity contribution >= 4 is 32.4 Å². The van der Waals surface area contributed by atoms with Crippen molar-refractivity contribution in [2.75, 3.05) is 25.5 Å². The molecule has 1 N–H and O–H groups in total. The van der Waals surface area contributed by atoms with Crippen LogP contribution in [0.2, 0.25) is 0 Å². The van der Waals surface area contributed by atoms with E-state index >= 15 is 0 Å². The second-order valence-corrected chi connectivity index (χ2v) is 9.31. The number of hydrogen-bond acceptors (Lipinski definition) is 4. The van der Waals surface area contributed by atoms with Gasteiger partial charge in [-0.1, -0.05) is 42.5 Å². The first-order valence-corrected chi connectivity index (χ1v) is 11.4. The van der Waals surface area contributed by atoms with Gasteiger partial charge in [-0.05, 0) is 47.9 Å². The number of carbonyl (C=O) groups excluding carboxylic acids is 1.